The quantitative estimate of drug-likeness (QED) is 0.711. The Morgan fingerprint density at radius 2 is 2.14 bits per heavy atom. The number of benzene rings is 1. The number of aliphatic hydroxyl groups is 1. The number of carbonyl (C=O) groups is 1. The molecular formula is C13H16N2O5S. The van der Waals surface area contributed by atoms with Crippen molar-refractivity contribution >= 4 is 22.0 Å². The third-order valence-electron chi connectivity index (χ3n) is 2.35. The fourth-order valence-electron chi connectivity index (χ4n) is 1.35. The molecule has 0 radical (unpaired) electrons. The molecule has 3 N–H and O–H groups in total. The smallest absolute Gasteiger partial charge is 0.422 e. The number of nitrogens with one attached hydrogen (secondary N) is 2. The second kappa shape index (κ2) is 7.52. The fraction of sp³-hybridized carbons (Fsp3) is 0.308. The molecule has 0 spiro atoms. The predicted molar refractivity (Wildman–Crippen MR) is 77.8 cm³/mol. The predicted octanol–water partition coefficient (Wildman–Crippen LogP) is 0.742. The molecular weight excluding hydrogens is 296 g/mol. The van der Waals surface area contributed by atoms with Crippen molar-refractivity contribution in [2.75, 3.05) is 18.4 Å². The van der Waals surface area contributed by atoms with Crippen molar-refractivity contribution in [3.05, 3.63) is 29.3 Å². The molecule has 1 aromatic carbocycles. The van der Waals surface area contributed by atoms with Crippen molar-refractivity contribution in [1.82, 2.24) is 4.72 Å². The van der Waals surface area contributed by atoms with Crippen LogP contribution in [0.4, 0.5) is 10.5 Å². The van der Waals surface area contributed by atoms with Crippen LogP contribution >= 0.6 is 0 Å². The van der Waals surface area contributed by atoms with E-state index >= 15 is 0 Å². The Labute approximate surface area is 123 Å². The molecule has 0 aliphatic heterocycles. The van der Waals surface area contributed by atoms with E-state index in [2.05, 4.69) is 21.3 Å². The number of aryl methyl sites for hydroxylation is 1. The van der Waals surface area contributed by atoms with E-state index in [9.17, 15) is 13.2 Å². The van der Waals surface area contributed by atoms with E-state index < -0.39 is 16.3 Å². The van der Waals surface area contributed by atoms with E-state index in [4.69, 9.17) is 5.11 Å². The second-order valence-corrected chi connectivity index (χ2v) is 5.42. The van der Waals surface area contributed by atoms with Gasteiger partial charge in [0, 0.05) is 12.0 Å². The van der Waals surface area contributed by atoms with Crippen molar-refractivity contribution in [2.24, 2.45) is 0 Å². The molecule has 0 atom stereocenters. The monoisotopic (exact) mass is 312 g/mol. The van der Waals surface area contributed by atoms with Gasteiger partial charge < -0.3 is 9.84 Å². The molecule has 0 aliphatic carbocycles. The normalized spacial score (nSPS) is 10.2. The van der Waals surface area contributed by atoms with Crippen LogP contribution in [-0.4, -0.2) is 33.3 Å². The van der Waals surface area contributed by atoms with E-state index in [1.54, 1.807) is 23.8 Å². The van der Waals surface area contributed by atoms with Crippen LogP contribution < -0.4 is 9.44 Å². The Morgan fingerprint density at radius 1 is 1.43 bits per heavy atom. The topological polar surface area (TPSA) is 105 Å². The molecule has 0 aromatic heterocycles. The number of ether oxygens (including phenoxy) is 1. The van der Waals surface area contributed by atoms with Crippen LogP contribution in [0.1, 0.15) is 17.5 Å². The number of amides is 1. The zero-order chi connectivity index (χ0) is 15.9. The first kappa shape index (κ1) is 16.8. The third-order valence-corrected chi connectivity index (χ3v) is 3.28. The van der Waals surface area contributed by atoms with Crippen LogP contribution in [0.15, 0.2) is 18.2 Å². The van der Waals surface area contributed by atoms with Crippen molar-refractivity contribution in [3.8, 4) is 11.8 Å². The Balaban J connectivity index is 2.95. The highest BCUT2D eigenvalue weighted by atomic mass is 32.2. The zero-order valence-electron chi connectivity index (χ0n) is 11.6. The van der Waals surface area contributed by atoms with Crippen molar-refractivity contribution in [1.29, 1.82) is 0 Å². The summed E-state index contributed by atoms with van der Waals surface area (Å²) in [6.45, 7) is 1.67. The Kier molecular flexibility index (Phi) is 6.02. The van der Waals surface area contributed by atoms with Gasteiger partial charge in [-0.3, -0.25) is 4.72 Å². The summed E-state index contributed by atoms with van der Waals surface area (Å²) in [6, 6.07) is 4.96. The molecule has 0 saturated carbocycles. The highest BCUT2D eigenvalue weighted by Gasteiger charge is 2.15. The minimum Gasteiger partial charge on any atom is -0.452 e. The molecule has 8 heteroatoms. The molecule has 0 aliphatic rings. The minimum absolute atomic E-state index is 0.0403. The number of hydrogen-bond acceptors (Lipinski definition) is 5. The van der Waals surface area contributed by atoms with Gasteiger partial charge in [-0.1, -0.05) is 17.9 Å². The highest BCUT2D eigenvalue weighted by Crippen LogP contribution is 2.17. The molecule has 0 saturated heterocycles. The first-order chi connectivity index (χ1) is 9.88. The molecule has 7 nitrogen and oxygen atoms in total. The first-order valence-electron chi connectivity index (χ1n) is 5.97. The molecule has 114 valence electrons. The van der Waals surface area contributed by atoms with Crippen LogP contribution in [-0.2, 0) is 14.9 Å². The standard InChI is InChI=1S/C13H16N2O5S/c1-10-6-7-11(5-3-4-8-16)9-12(10)14-21(18,19)15-13(17)20-2/h6-7,9,14,16H,4,8H2,1-2H3,(H,15,17). The lowest BCUT2D eigenvalue weighted by Crippen LogP contribution is -2.35. The van der Waals surface area contributed by atoms with Gasteiger partial charge in [0.1, 0.15) is 0 Å². The largest absolute Gasteiger partial charge is 0.452 e. The fourth-order valence-corrected chi connectivity index (χ4v) is 2.22. The summed E-state index contributed by atoms with van der Waals surface area (Å²) in [6.07, 6.45) is -0.752. The molecule has 0 unspecified atom stereocenters. The second-order valence-electron chi connectivity index (χ2n) is 4.00. The van der Waals surface area contributed by atoms with Crippen molar-refractivity contribution in [3.63, 3.8) is 0 Å². The minimum atomic E-state index is -4.07. The SMILES string of the molecule is COC(=O)NS(=O)(=O)Nc1cc(C#CCCO)ccc1C. The molecule has 1 rings (SSSR count). The van der Waals surface area contributed by atoms with E-state index in [0.29, 0.717) is 23.2 Å². The lowest BCUT2D eigenvalue weighted by atomic mass is 10.1. The summed E-state index contributed by atoms with van der Waals surface area (Å²) in [7, 11) is -3.01. The van der Waals surface area contributed by atoms with Crippen LogP contribution in [0.5, 0.6) is 0 Å². The summed E-state index contributed by atoms with van der Waals surface area (Å²) < 4.78 is 31.5. The number of rotatable bonds is 4. The highest BCUT2D eigenvalue weighted by molar-refractivity contribution is 7.91. The van der Waals surface area contributed by atoms with Gasteiger partial charge in [0.25, 0.3) is 0 Å². The number of hydrogen-bond donors (Lipinski definition) is 3. The van der Waals surface area contributed by atoms with E-state index in [0.717, 1.165) is 7.11 Å². The molecule has 0 fully saturated rings. The van der Waals surface area contributed by atoms with Gasteiger partial charge in [-0.2, -0.15) is 8.42 Å². The Hall–Kier alpha value is -2.24. The maximum Gasteiger partial charge on any atom is 0.422 e. The number of methoxy groups -OCH3 is 1. The van der Waals surface area contributed by atoms with Gasteiger partial charge in [0.15, 0.2) is 0 Å². The Bertz CT molecular complexity index is 674. The maximum atomic E-state index is 11.7. The summed E-state index contributed by atoms with van der Waals surface area (Å²) in [5.74, 6) is 5.53. The summed E-state index contributed by atoms with van der Waals surface area (Å²) in [5.41, 5.74) is 1.55. The van der Waals surface area contributed by atoms with E-state index in [1.807, 2.05) is 0 Å². The molecule has 1 aromatic rings. The summed E-state index contributed by atoms with van der Waals surface area (Å²) in [5, 5.41) is 8.66. The van der Waals surface area contributed by atoms with E-state index in [-0.39, 0.29) is 6.61 Å². The van der Waals surface area contributed by atoms with Crippen LogP contribution in [0.2, 0.25) is 0 Å². The maximum absolute atomic E-state index is 11.7. The van der Waals surface area contributed by atoms with Gasteiger partial charge in [-0.15, -0.1) is 0 Å². The lowest BCUT2D eigenvalue weighted by molar-refractivity contribution is 0.177. The average Bonchev–Trinajstić information content (AvgIpc) is 2.41. The van der Waals surface area contributed by atoms with Gasteiger partial charge in [-0.05, 0) is 24.6 Å². The summed E-state index contributed by atoms with van der Waals surface area (Å²) >= 11 is 0. The zero-order valence-corrected chi connectivity index (χ0v) is 12.5. The molecule has 1 amide bonds. The summed E-state index contributed by atoms with van der Waals surface area (Å²) in [4.78, 5) is 10.9. The van der Waals surface area contributed by atoms with Gasteiger partial charge in [-0.25, -0.2) is 9.52 Å². The van der Waals surface area contributed by atoms with Gasteiger partial charge in [0.2, 0.25) is 0 Å². The first-order valence-corrected chi connectivity index (χ1v) is 7.45. The molecule has 0 bridgehead atoms. The van der Waals surface area contributed by atoms with Crippen molar-refractivity contribution in [2.45, 2.75) is 13.3 Å². The van der Waals surface area contributed by atoms with Crippen molar-refractivity contribution < 1.29 is 23.1 Å². The van der Waals surface area contributed by atoms with E-state index in [1.165, 1.54) is 6.07 Å². The van der Waals surface area contributed by atoms with Gasteiger partial charge >= 0.3 is 16.3 Å². The number of anilines is 1. The number of aliphatic hydroxyl groups excluding tert-OH is 1. The lowest BCUT2D eigenvalue weighted by Gasteiger charge is -2.11. The third kappa shape index (κ3) is 5.72. The molecule has 0 heterocycles. The molecule has 21 heavy (non-hydrogen) atoms. The van der Waals surface area contributed by atoms with Crippen LogP contribution in [0, 0.1) is 18.8 Å². The van der Waals surface area contributed by atoms with Crippen LogP contribution in [0.25, 0.3) is 0 Å². The van der Waals surface area contributed by atoms with Gasteiger partial charge in [0.05, 0.1) is 19.4 Å². The average molecular weight is 312 g/mol. The Morgan fingerprint density at radius 3 is 2.76 bits per heavy atom. The van der Waals surface area contributed by atoms with Crippen LogP contribution in [0.3, 0.4) is 0 Å². The number of carbonyl (C=O) groups excluding carboxylic acids is 1.